The molecule has 5 heteroatoms. The number of benzene rings is 1. The van der Waals surface area contributed by atoms with Gasteiger partial charge >= 0.3 is 0 Å². The van der Waals surface area contributed by atoms with E-state index in [9.17, 15) is 4.79 Å². The molecule has 0 radical (unpaired) electrons. The molecular weight excluding hydrogens is 266 g/mol. The molecule has 1 heterocycles. The number of hydrogen-bond donors (Lipinski definition) is 1. The van der Waals surface area contributed by atoms with Crippen molar-refractivity contribution in [2.24, 2.45) is 0 Å². The van der Waals surface area contributed by atoms with Gasteiger partial charge in [0.25, 0.3) is 0 Å². The maximum absolute atomic E-state index is 12.2. The number of carbonyl (C=O) groups excluding carboxylic acids is 1. The van der Waals surface area contributed by atoms with E-state index < -0.39 is 0 Å². The van der Waals surface area contributed by atoms with Crippen LogP contribution in [-0.2, 0) is 4.79 Å². The zero-order chi connectivity index (χ0) is 14.9. The Bertz CT molecular complexity index is 417. The van der Waals surface area contributed by atoms with Crippen LogP contribution in [-0.4, -0.2) is 68.6 Å². The molecule has 0 aliphatic carbocycles. The number of para-hydroxylation sites is 1. The van der Waals surface area contributed by atoms with Crippen LogP contribution in [0.25, 0.3) is 0 Å². The lowest BCUT2D eigenvalue weighted by Gasteiger charge is -2.23. The molecule has 5 nitrogen and oxygen atoms in total. The third-order valence-electron chi connectivity index (χ3n) is 3.66. The molecule has 2 rings (SSSR count). The van der Waals surface area contributed by atoms with Crippen molar-refractivity contribution in [2.75, 3.05) is 52.9 Å². The molecule has 1 aliphatic heterocycles. The Morgan fingerprint density at radius 3 is 2.90 bits per heavy atom. The minimum Gasteiger partial charge on any atom is -0.492 e. The summed E-state index contributed by atoms with van der Waals surface area (Å²) in [5.41, 5.74) is 0. The number of nitrogens with one attached hydrogen (secondary N) is 1. The number of likely N-dealkylation sites (N-methyl/N-ethyl adjacent to an activating group) is 1. The Hall–Kier alpha value is -1.59. The van der Waals surface area contributed by atoms with Gasteiger partial charge in [-0.3, -0.25) is 9.69 Å². The van der Waals surface area contributed by atoms with Gasteiger partial charge in [0, 0.05) is 20.1 Å². The summed E-state index contributed by atoms with van der Waals surface area (Å²) in [4.78, 5) is 16.1. The maximum atomic E-state index is 12.2. The molecular formula is C16H25N3O2. The molecule has 1 fully saturated rings. The smallest absolute Gasteiger partial charge is 0.236 e. The number of amides is 1. The predicted molar refractivity (Wildman–Crippen MR) is 83.5 cm³/mol. The zero-order valence-corrected chi connectivity index (χ0v) is 12.8. The van der Waals surface area contributed by atoms with Gasteiger partial charge < -0.3 is 15.0 Å². The van der Waals surface area contributed by atoms with Crippen LogP contribution >= 0.6 is 0 Å². The van der Waals surface area contributed by atoms with E-state index >= 15 is 0 Å². The highest BCUT2D eigenvalue weighted by molar-refractivity contribution is 5.78. The zero-order valence-electron chi connectivity index (χ0n) is 12.8. The van der Waals surface area contributed by atoms with Gasteiger partial charge in [0.05, 0.1) is 13.1 Å². The van der Waals surface area contributed by atoms with E-state index in [1.54, 1.807) is 4.90 Å². The minimum absolute atomic E-state index is 0.161. The van der Waals surface area contributed by atoms with Crippen molar-refractivity contribution in [3.63, 3.8) is 0 Å². The molecule has 0 atom stereocenters. The number of nitrogens with zero attached hydrogens (tertiary/aromatic N) is 2. The Labute approximate surface area is 126 Å². The average molecular weight is 291 g/mol. The van der Waals surface area contributed by atoms with E-state index in [-0.39, 0.29) is 5.91 Å². The molecule has 1 aromatic rings. The normalized spacial score (nSPS) is 16.2. The lowest BCUT2D eigenvalue weighted by Crippen LogP contribution is -2.41. The van der Waals surface area contributed by atoms with Crippen LogP contribution in [0.4, 0.5) is 0 Å². The van der Waals surface area contributed by atoms with Crippen LogP contribution in [0.1, 0.15) is 6.42 Å². The second-order valence-electron chi connectivity index (χ2n) is 5.36. The molecule has 21 heavy (non-hydrogen) atoms. The predicted octanol–water partition coefficient (Wildman–Crippen LogP) is 0.819. The molecule has 0 saturated carbocycles. The molecule has 0 bridgehead atoms. The van der Waals surface area contributed by atoms with Crippen LogP contribution < -0.4 is 10.1 Å². The maximum Gasteiger partial charge on any atom is 0.236 e. The van der Waals surface area contributed by atoms with E-state index in [2.05, 4.69) is 10.2 Å². The number of carbonyl (C=O) groups is 1. The summed E-state index contributed by atoms with van der Waals surface area (Å²) in [6.45, 7) is 5.59. The highest BCUT2D eigenvalue weighted by atomic mass is 16.5. The fourth-order valence-corrected chi connectivity index (χ4v) is 2.31. The second kappa shape index (κ2) is 8.64. The molecule has 116 valence electrons. The largest absolute Gasteiger partial charge is 0.492 e. The van der Waals surface area contributed by atoms with Crippen LogP contribution in [0.15, 0.2) is 30.3 Å². The van der Waals surface area contributed by atoms with Gasteiger partial charge in [-0.2, -0.15) is 0 Å². The highest BCUT2D eigenvalue weighted by Gasteiger charge is 2.15. The highest BCUT2D eigenvalue weighted by Crippen LogP contribution is 2.07. The quantitative estimate of drug-likeness (QED) is 0.843. The Balaban J connectivity index is 1.67. The summed E-state index contributed by atoms with van der Waals surface area (Å²) in [6, 6.07) is 9.69. The molecule has 0 aromatic heterocycles. The second-order valence-corrected chi connectivity index (χ2v) is 5.36. The Kier molecular flexibility index (Phi) is 6.50. The third kappa shape index (κ3) is 5.73. The molecule has 0 spiro atoms. The minimum atomic E-state index is 0.161. The molecule has 1 aromatic carbocycles. The molecule has 1 amide bonds. The summed E-state index contributed by atoms with van der Waals surface area (Å²) in [6.07, 6.45) is 1.11. The summed E-state index contributed by atoms with van der Waals surface area (Å²) in [5, 5.41) is 3.35. The van der Waals surface area contributed by atoms with E-state index in [1.807, 2.05) is 37.4 Å². The molecule has 1 saturated heterocycles. The lowest BCUT2D eigenvalue weighted by atomic mass is 10.3. The summed E-state index contributed by atoms with van der Waals surface area (Å²) in [7, 11) is 1.84. The topological polar surface area (TPSA) is 44.8 Å². The van der Waals surface area contributed by atoms with Crippen LogP contribution in [0.2, 0.25) is 0 Å². The van der Waals surface area contributed by atoms with Crippen LogP contribution in [0.5, 0.6) is 5.75 Å². The summed E-state index contributed by atoms with van der Waals surface area (Å²) in [5.74, 6) is 1.01. The van der Waals surface area contributed by atoms with Crippen LogP contribution in [0, 0.1) is 0 Å². The third-order valence-corrected chi connectivity index (χ3v) is 3.66. The van der Waals surface area contributed by atoms with Gasteiger partial charge in [0.15, 0.2) is 0 Å². The first-order valence-corrected chi connectivity index (χ1v) is 7.60. The van der Waals surface area contributed by atoms with Gasteiger partial charge in [-0.05, 0) is 31.6 Å². The molecule has 1 aliphatic rings. The standard InChI is InChI=1S/C16H25N3O2/c1-18(12-13-21-15-6-3-2-4-7-15)16(20)14-19-10-5-8-17-9-11-19/h2-4,6-7,17H,5,8-14H2,1H3. The van der Waals surface area contributed by atoms with E-state index in [4.69, 9.17) is 4.74 Å². The SMILES string of the molecule is CN(CCOc1ccccc1)C(=O)CN1CCCNCC1. The molecule has 1 N–H and O–H groups in total. The van der Waals surface area contributed by atoms with E-state index in [0.717, 1.165) is 38.3 Å². The lowest BCUT2D eigenvalue weighted by molar-refractivity contribution is -0.131. The molecule has 0 unspecified atom stereocenters. The summed E-state index contributed by atoms with van der Waals surface area (Å²) >= 11 is 0. The van der Waals surface area contributed by atoms with E-state index in [1.165, 1.54) is 0 Å². The van der Waals surface area contributed by atoms with Crippen molar-refractivity contribution in [2.45, 2.75) is 6.42 Å². The fraction of sp³-hybridized carbons (Fsp3) is 0.562. The van der Waals surface area contributed by atoms with E-state index in [0.29, 0.717) is 19.7 Å². The van der Waals surface area contributed by atoms with Crippen molar-refractivity contribution in [1.29, 1.82) is 0 Å². The van der Waals surface area contributed by atoms with Gasteiger partial charge in [-0.25, -0.2) is 0 Å². The summed E-state index contributed by atoms with van der Waals surface area (Å²) < 4.78 is 5.62. The Morgan fingerprint density at radius 2 is 2.10 bits per heavy atom. The van der Waals surface area contributed by atoms with Crippen molar-refractivity contribution < 1.29 is 9.53 Å². The van der Waals surface area contributed by atoms with Crippen molar-refractivity contribution in [3.05, 3.63) is 30.3 Å². The monoisotopic (exact) mass is 291 g/mol. The van der Waals surface area contributed by atoms with Gasteiger partial charge in [-0.1, -0.05) is 18.2 Å². The average Bonchev–Trinajstić information content (AvgIpc) is 2.77. The number of hydrogen-bond acceptors (Lipinski definition) is 4. The van der Waals surface area contributed by atoms with Gasteiger partial charge in [0.2, 0.25) is 5.91 Å². The van der Waals surface area contributed by atoms with Crippen molar-refractivity contribution in [1.82, 2.24) is 15.1 Å². The number of ether oxygens (including phenoxy) is 1. The fourth-order valence-electron chi connectivity index (χ4n) is 2.31. The Morgan fingerprint density at radius 1 is 1.29 bits per heavy atom. The van der Waals surface area contributed by atoms with Gasteiger partial charge in [0.1, 0.15) is 12.4 Å². The first-order chi connectivity index (χ1) is 10.3. The van der Waals surface area contributed by atoms with Crippen LogP contribution in [0.3, 0.4) is 0 Å². The van der Waals surface area contributed by atoms with Crippen molar-refractivity contribution >= 4 is 5.91 Å². The van der Waals surface area contributed by atoms with Crippen molar-refractivity contribution in [3.8, 4) is 5.75 Å². The first-order valence-electron chi connectivity index (χ1n) is 7.60. The first kappa shape index (κ1) is 15.8. The number of rotatable bonds is 6. The van der Waals surface area contributed by atoms with Gasteiger partial charge in [-0.15, -0.1) is 0 Å².